The summed E-state index contributed by atoms with van der Waals surface area (Å²) in [4.78, 5) is 11.6. The quantitative estimate of drug-likeness (QED) is 0.761. The summed E-state index contributed by atoms with van der Waals surface area (Å²) in [7, 11) is 4.13. The first kappa shape index (κ1) is 18.2. The van der Waals surface area contributed by atoms with Crippen LogP contribution in [0.2, 0.25) is 0 Å². The monoisotopic (exact) mass is 342 g/mol. The molecule has 0 aliphatic carbocycles. The molecule has 0 saturated carbocycles. The maximum atomic E-state index is 4.77. The minimum Gasteiger partial charge on any atom is -0.368 e. The number of aromatic nitrogens is 2. The van der Waals surface area contributed by atoms with Gasteiger partial charge < -0.3 is 10.2 Å². The topological polar surface area (TPSA) is 41.1 Å². The molecule has 0 amide bonds. The molecule has 0 radical (unpaired) electrons. The number of para-hydroxylation sites is 1. The molecular weight excluding hydrogens is 320 g/mol. The highest BCUT2D eigenvalue weighted by atomic mass is 35.5. The highest BCUT2D eigenvalue weighted by molar-refractivity contribution is 5.90. The molecule has 2 aromatic carbocycles. The second-order valence-corrected chi connectivity index (χ2v) is 6.01. The molecule has 0 bridgehead atoms. The number of rotatable bonds is 5. The van der Waals surface area contributed by atoms with Crippen LogP contribution in [-0.4, -0.2) is 42.1 Å². The fourth-order valence-corrected chi connectivity index (χ4v) is 2.52. The summed E-state index contributed by atoms with van der Waals surface area (Å²) in [6, 6.07) is 16.4. The average molecular weight is 343 g/mol. The number of aryl methyl sites for hydroxylation is 1. The van der Waals surface area contributed by atoms with E-state index in [4.69, 9.17) is 9.97 Å². The van der Waals surface area contributed by atoms with Crippen molar-refractivity contribution in [2.45, 2.75) is 6.92 Å². The molecule has 126 valence electrons. The molecule has 0 fully saturated rings. The molecular formula is C19H23ClN4. The fourth-order valence-electron chi connectivity index (χ4n) is 2.52. The van der Waals surface area contributed by atoms with Crippen molar-refractivity contribution >= 4 is 29.1 Å². The van der Waals surface area contributed by atoms with Gasteiger partial charge in [-0.25, -0.2) is 9.97 Å². The summed E-state index contributed by atoms with van der Waals surface area (Å²) in [5.41, 5.74) is 3.22. The smallest absolute Gasteiger partial charge is 0.162 e. The van der Waals surface area contributed by atoms with Crippen LogP contribution in [0.25, 0.3) is 22.3 Å². The van der Waals surface area contributed by atoms with E-state index in [0.29, 0.717) is 0 Å². The third-order valence-corrected chi connectivity index (χ3v) is 3.73. The highest BCUT2D eigenvalue weighted by Gasteiger charge is 2.09. The Morgan fingerprint density at radius 2 is 1.79 bits per heavy atom. The Hall–Kier alpha value is -2.17. The van der Waals surface area contributed by atoms with E-state index in [1.54, 1.807) is 0 Å². The Balaban J connectivity index is 0.00000208. The van der Waals surface area contributed by atoms with E-state index >= 15 is 0 Å². The summed E-state index contributed by atoms with van der Waals surface area (Å²) >= 11 is 0. The number of nitrogens with zero attached hydrogens (tertiary/aromatic N) is 3. The minimum atomic E-state index is 0. The van der Waals surface area contributed by atoms with Gasteiger partial charge in [0.2, 0.25) is 0 Å². The molecule has 0 saturated heterocycles. The van der Waals surface area contributed by atoms with Gasteiger partial charge >= 0.3 is 0 Å². The first-order chi connectivity index (χ1) is 11.1. The molecule has 0 unspecified atom stereocenters. The van der Waals surface area contributed by atoms with Crippen LogP contribution in [-0.2, 0) is 0 Å². The Labute approximate surface area is 149 Å². The van der Waals surface area contributed by atoms with Crippen molar-refractivity contribution in [3.8, 4) is 11.4 Å². The molecule has 0 spiro atoms. The van der Waals surface area contributed by atoms with Gasteiger partial charge in [-0.15, -0.1) is 12.4 Å². The summed E-state index contributed by atoms with van der Waals surface area (Å²) in [5.74, 6) is 1.66. The number of likely N-dealkylation sites (N-methyl/N-ethyl adjacent to an activating group) is 1. The van der Waals surface area contributed by atoms with Crippen molar-refractivity contribution < 1.29 is 0 Å². The van der Waals surface area contributed by atoms with Crippen molar-refractivity contribution in [2.24, 2.45) is 0 Å². The van der Waals surface area contributed by atoms with Crippen molar-refractivity contribution in [1.82, 2.24) is 14.9 Å². The second kappa shape index (κ2) is 8.08. The zero-order chi connectivity index (χ0) is 16.2. The van der Waals surface area contributed by atoms with E-state index in [-0.39, 0.29) is 12.4 Å². The SMILES string of the molecule is Cc1cccc(-c2nc(NCCN(C)C)c3ccccc3n2)c1.Cl. The molecule has 3 rings (SSSR count). The van der Waals surface area contributed by atoms with E-state index in [9.17, 15) is 0 Å². The van der Waals surface area contributed by atoms with Gasteiger partial charge in [0.05, 0.1) is 5.52 Å². The predicted octanol–water partition coefficient (Wildman–Crippen LogP) is 4.00. The molecule has 24 heavy (non-hydrogen) atoms. The van der Waals surface area contributed by atoms with E-state index in [0.717, 1.165) is 41.2 Å². The number of halogens is 1. The maximum absolute atomic E-state index is 4.77. The predicted molar refractivity (Wildman–Crippen MR) is 104 cm³/mol. The Bertz CT molecular complexity index is 817. The Morgan fingerprint density at radius 1 is 1.00 bits per heavy atom. The zero-order valence-electron chi connectivity index (χ0n) is 14.3. The summed E-state index contributed by atoms with van der Waals surface area (Å²) < 4.78 is 0. The van der Waals surface area contributed by atoms with E-state index in [1.807, 2.05) is 24.3 Å². The fraction of sp³-hybridized carbons (Fsp3) is 0.263. The molecule has 4 nitrogen and oxygen atoms in total. The lowest BCUT2D eigenvalue weighted by atomic mass is 10.1. The van der Waals surface area contributed by atoms with Crippen LogP contribution in [0.3, 0.4) is 0 Å². The van der Waals surface area contributed by atoms with Gasteiger partial charge in [0.25, 0.3) is 0 Å². The van der Waals surface area contributed by atoms with Gasteiger partial charge in [0.15, 0.2) is 5.82 Å². The molecule has 1 N–H and O–H groups in total. The van der Waals surface area contributed by atoms with Crippen molar-refractivity contribution in [2.75, 3.05) is 32.5 Å². The molecule has 1 heterocycles. The van der Waals surface area contributed by atoms with Crippen LogP contribution < -0.4 is 5.32 Å². The molecule has 3 aromatic rings. The lowest BCUT2D eigenvalue weighted by Crippen LogP contribution is -2.21. The van der Waals surface area contributed by atoms with Gasteiger partial charge in [-0.3, -0.25) is 0 Å². The normalized spacial score (nSPS) is 10.7. The standard InChI is InChI=1S/C19H22N4.ClH/c1-14-7-6-8-15(13-14)18-21-17-10-5-4-9-16(17)19(22-18)20-11-12-23(2)3;/h4-10,13H,11-12H2,1-3H3,(H,20,21,22);1H. The lowest BCUT2D eigenvalue weighted by Gasteiger charge is -2.13. The average Bonchev–Trinajstić information content (AvgIpc) is 2.54. The minimum absolute atomic E-state index is 0. The van der Waals surface area contributed by atoms with E-state index in [1.165, 1.54) is 5.56 Å². The van der Waals surface area contributed by atoms with Crippen LogP contribution in [0.4, 0.5) is 5.82 Å². The van der Waals surface area contributed by atoms with Crippen LogP contribution >= 0.6 is 12.4 Å². The number of fused-ring (bicyclic) bond motifs is 1. The molecule has 0 atom stereocenters. The number of hydrogen-bond donors (Lipinski definition) is 1. The lowest BCUT2D eigenvalue weighted by molar-refractivity contribution is 0.425. The molecule has 5 heteroatoms. The van der Waals surface area contributed by atoms with Crippen LogP contribution in [0.1, 0.15) is 5.56 Å². The molecule has 1 aromatic heterocycles. The second-order valence-electron chi connectivity index (χ2n) is 6.01. The van der Waals surface area contributed by atoms with Gasteiger partial charge in [-0.2, -0.15) is 0 Å². The van der Waals surface area contributed by atoms with Crippen molar-refractivity contribution in [3.63, 3.8) is 0 Å². The van der Waals surface area contributed by atoms with Crippen LogP contribution in [0.15, 0.2) is 48.5 Å². The van der Waals surface area contributed by atoms with Crippen molar-refractivity contribution in [3.05, 3.63) is 54.1 Å². The Kier molecular flexibility index (Phi) is 6.12. The summed E-state index contributed by atoms with van der Waals surface area (Å²) in [6.45, 7) is 3.89. The molecule has 0 aliphatic heterocycles. The first-order valence-corrected chi connectivity index (χ1v) is 7.86. The number of hydrogen-bond acceptors (Lipinski definition) is 4. The van der Waals surface area contributed by atoms with Crippen LogP contribution in [0.5, 0.6) is 0 Å². The summed E-state index contributed by atoms with van der Waals surface area (Å²) in [5, 5.41) is 4.51. The largest absolute Gasteiger partial charge is 0.368 e. The van der Waals surface area contributed by atoms with Gasteiger partial charge in [-0.05, 0) is 39.2 Å². The van der Waals surface area contributed by atoms with Crippen LogP contribution in [0, 0.1) is 6.92 Å². The van der Waals surface area contributed by atoms with Gasteiger partial charge in [-0.1, -0.05) is 35.9 Å². The third-order valence-electron chi connectivity index (χ3n) is 3.73. The number of anilines is 1. The van der Waals surface area contributed by atoms with E-state index in [2.05, 4.69) is 55.5 Å². The highest BCUT2D eigenvalue weighted by Crippen LogP contribution is 2.25. The van der Waals surface area contributed by atoms with Gasteiger partial charge in [0.1, 0.15) is 5.82 Å². The van der Waals surface area contributed by atoms with E-state index < -0.39 is 0 Å². The number of nitrogens with one attached hydrogen (secondary N) is 1. The zero-order valence-corrected chi connectivity index (χ0v) is 15.1. The third kappa shape index (κ3) is 4.22. The number of benzene rings is 2. The van der Waals surface area contributed by atoms with Crippen molar-refractivity contribution in [1.29, 1.82) is 0 Å². The summed E-state index contributed by atoms with van der Waals surface area (Å²) in [6.07, 6.45) is 0. The molecule has 0 aliphatic rings. The first-order valence-electron chi connectivity index (χ1n) is 7.86. The Morgan fingerprint density at radius 3 is 2.54 bits per heavy atom. The maximum Gasteiger partial charge on any atom is 0.162 e. The van der Waals surface area contributed by atoms with Gasteiger partial charge in [0, 0.05) is 24.0 Å².